The Morgan fingerprint density at radius 1 is 1.16 bits per heavy atom. The molecule has 0 fully saturated rings. The number of hydrogen-bond acceptors (Lipinski definition) is 3. The van der Waals surface area contributed by atoms with E-state index in [0.717, 1.165) is 36.0 Å². The van der Waals surface area contributed by atoms with Crippen LogP contribution in [0.3, 0.4) is 0 Å². The Morgan fingerprint density at radius 2 is 1.88 bits per heavy atom. The Bertz CT molecular complexity index is 954. The number of carbonyl (C=O) groups is 1. The highest BCUT2D eigenvalue weighted by atomic mass is 35.5. The van der Waals surface area contributed by atoms with Crippen LogP contribution in [0.4, 0.5) is 5.69 Å². The number of halogens is 1. The number of nitrogens with one attached hydrogen (secondary N) is 1. The molecule has 0 heterocycles. The Hall–Kier alpha value is -2.05. The zero-order valence-corrected chi connectivity index (χ0v) is 15.2. The predicted molar refractivity (Wildman–Crippen MR) is 97.0 cm³/mol. The van der Waals surface area contributed by atoms with Crippen LogP contribution in [-0.2, 0) is 22.9 Å². The van der Waals surface area contributed by atoms with Crippen molar-refractivity contribution in [1.29, 1.82) is 0 Å². The second-order valence-electron chi connectivity index (χ2n) is 6.15. The Kier molecular flexibility index (Phi) is 4.75. The van der Waals surface area contributed by atoms with Gasteiger partial charge in [-0.25, -0.2) is 13.2 Å². The molecule has 0 amide bonds. The van der Waals surface area contributed by atoms with Gasteiger partial charge >= 0.3 is 5.97 Å². The van der Waals surface area contributed by atoms with E-state index < -0.39 is 16.0 Å². The van der Waals surface area contributed by atoms with Crippen molar-refractivity contribution in [3.63, 3.8) is 0 Å². The second kappa shape index (κ2) is 6.69. The molecule has 0 saturated carbocycles. The van der Waals surface area contributed by atoms with Crippen LogP contribution in [0.5, 0.6) is 0 Å². The molecular weight excluding hydrogens is 362 g/mol. The van der Waals surface area contributed by atoms with E-state index in [4.69, 9.17) is 11.6 Å². The molecule has 132 valence electrons. The second-order valence-corrected chi connectivity index (χ2v) is 8.24. The molecule has 3 rings (SSSR count). The molecule has 7 heteroatoms. The SMILES string of the molecule is Cc1ccc(S(=O)(=O)Nc2ccc3c(c2C(=O)O)CCCC3)cc1Cl. The fourth-order valence-electron chi connectivity index (χ4n) is 3.10. The fourth-order valence-corrected chi connectivity index (χ4v) is 4.44. The summed E-state index contributed by atoms with van der Waals surface area (Å²) in [5.41, 5.74) is 2.59. The molecule has 0 saturated heterocycles. The van der Waals surface area contributed by atoms with E-state index in [-0.39, 0.29) is 16.1 Å². The molecule has 0 aromatic heterocycles. The Balaban J connectivity index is 2.05. The van der Waals surface area contributed by atoms with Gasteiger partial charge in [-0.1, -0.05) is 23.7 Å². The van der Waals surface area contributed by atoms with Crippen LogP contribution in [0.1, 0.15) is 39.9 Å². The molecule has 2 aromatic rings. The van der Waals surface area contributed by atoms with Crippen LogP contribution in [-0.4, -0.2) is 19.5 Å². The fraction of sp³-hybridized carbons (Fsp3) is 0.278. The number of carboxylic acid groups (broad SMARTS) is 1. The molecule has 1 aliphatic carbocycles. The lowest BCUT2D eigenvalue weighted by Gasteiger charge is -2.21. The number of aromatic carboxylic acids is 1. The number of sulfonamides is 1. The monoisotopic (exact) mass is 379 g/mol. The Labute approximate surface area is 151 Å². The molecular formula is C18H18ClNO4S. The third-order valence-electron chi connectivity index (χ3n) is 4.44. The van der Waals surface area contributed by atoms with E-state index in [2.05, 4.69) is 4.72 Å². The largest absolute Gasteiger partial charge is 0.478 e. The van der Waals surface area contributed by atoms with E-state index in [1.54, 1.807) is 19.1 Å². The number of anilines is 1. The van der Waals surface area contributed by atoms with Gasteiger partial charge in [-0.3, -0.25) is 4.72 Å². The first-order chi connectivity index (χ1) is 11.8. The smallest absolute Gasteiger partial charge is 0.338 e. The summed E-state index contributed by atoms with van der Waals surface area (Å²) in [5, 5.41) is 9.95. The highest BCUT2D eigenvalue weighted by molar-refractivity contribution is 7.92. The summed E-state index contributed by atoms with van der Waals surface area (Å²) < 4.78 is 27.7. The number of hydrogen-bond donors (Lipinski definition) is 2. The molecule has 1 aliphatic rings. The number of benzene rings is 2. The summed E-state index contributed by atoms with van der Waals surface area (Å²) in [6.45, 7) is 1.78. The van der Waals surface area contributed by atoms with E-state index in [1.807, 2.05) is 0 Å². The average molecular weight is 380 g/mol. The first kappa shape index (κ1) is 17.8. The lowest BCUT2D eigenvalue weighted by atomic mass is 9.87. The van der Waals surface area contributed by atoms with Crippen LogP contribution in [0.15, 0.2) is 35.2 Å². The van der Waals surface area contributed by atoms with Crippen LogP contribution < -0.4 is 4.72 Å². The highest BCUT2D eigenvalue weighted by Crippen LogP contribution is 2.31. The molecule has 0 unspecified atom stereocenters. The molecule has 0 spiro atoms. The first-order valence-electron chi connectivity index (χ1n) is 7.96. The molecule has 5 nitrogen and oxygen atoms in total. The average Bonchev–Trinajstić information content (AvgIpc) is 2.56. The van der Waals surface area contributed by atoms with Gasteiger partial charge in [0.05, 0.1) is 16.1 Å². The Morgan fingerprint density at radius 3 is 2.56 bits per heavy atom. The quantitative estimate of drug-likeness (QED) is 0.840. The minimum absolute atomic E-state index is 0.00263. The molecule has 0 bridgehead atoms. The summed E-state index contributed by atoms with van der Waals surface area (Å²) in [4.78, 5) is 11.8. The van der Waals surface area contributed by atoms with Gasteiger partial charge < -0.3 is 5.11 Å². The minimum Gasteiger partial charge on any atom is -0.478 e. The highest BCUT2D eigenvalue weighted by Gasteiger charge is 2.24. The maximum absolute atomic E-state index is 12.6. The van der Waals surface area contributed by atoms with E-state index in [0.29, 0.717) is 11.4 Å². The van der Waals surface area contributed by atoms with E-state index in [9.17, 15) is 18.3 Å². The number of rotatable bonds is 4. The van der Waals surface area contributed by atoms with Crippen LogP contribution in [0.2, 0.25) is 5.02 Å². The van der Waals surface area contributed by atoms with Crippen molar-refractivity contribution >= 4 is 33.3 Å². The van der Waals surface area contributed by atoms with Crippen molar-refractivity contribution < 1.29 is 18.3 Å². The zero-order chi connectivity index (χ0) is 18.2. The topological polar surface area (TPSA) is 83.5 Å². The van der Waals surface area contributed by atoms with Gasteiger partial charge in [0.2, 0.25) is 0 Å². The van der Waals surface area contributed by atoms with Crippen molar-refractivity contribution in [2.75, 3.05) is 4.72 Å². The first-order valence-corrected chi connectivity index (χ1v) is 9.83. The summed E-state index contributed by atoms with van der Waals surface area (Å²) >= 11 is 6.01. The van der Waals surface area contributed by atoms with Gasteiger partial charge in [0.15, 0.2) is 0 Å². The van der Waals surface area contributed by atoms with Crippen molar-refractivity contribution in [2.45, 2.75) is 37.5 Å². The molecule has 2 aromatic carbocycles. The maximum Gasteiger partial charge on any atom is 0.338 e. The third-order valence-corrected chi connectivity index (χ3v) is 6.21. The van der Waals surface area contributed by atoms with Crippen LogP contribution >= 0.6 is 11.6 Å². The third kappa shape index (κ3) is 3.50. The van der Waals surface area contributed by atoms with Crippen molar-refractivity contribution in [1.82, 2.24) is 0 Å². The molecule has 2 N–H and O–H groups in total. The van der Waals surface area contributed by atoms with Gasteiger partial charge in [-0.05, 0) is 67.5 Å². The summed E-state index contributed by atoms with van der Waals surface area (Å²) in [7, 11) is -3.93. The van der Waals surface area contributed by atoms with Crippen LogP contribution in [0.25, 0.3) is 0 Å². The number of aryl methyl sites for hydroxylation is 2. The van der Waals surface area contributed by atoms with Crippen molar-refractivity contribution in [3.8, 4) is 0 Å². The van der Waals surface area contributed by atoms with E-state index >= 15 is 0 Å². The van der Waals surface area contributed by atoms with Gasteiger partial charge in [0.25, 0.3) is 10.0 Å². The summed E-state index contributed by atoms with van der Waals surface area (Å²) in [6.07, 6.45) is 3.37. The lowest BCUT2D eigenvalue weighted by Crippen LogP contribution is -2.18. The van der Waals surface area contributed by atoms with Gasteiger partial charge in [-0.2, -0.15) is 0 Å². The van der Waals surface area contributed by atoms with E-state index in [1.165, 1.54) is 18.2 Å². The summed E-state index contributed by atoms with van der Waals surface area (Å²) in [6, 6.07) is 7.75. The summed E-state index contributed by atoms with van der Waals surface area (Å²) in [5.74, 6) is -1.13. The van der Waals surface area contributed by atoms with Crippen molar-refractivity contribution in [2.24, 2.45) is 0 Å². The molecule has 25 heavy (non-hydrogen) atoms. The normalized spacial score (nSPS) is 14.0. The van der Waals surface area contributed by atoms with Gasteiger partial charge in [0, 0.05) is 5.02 Å². The zero-order valence-electron chi connectivity index (χ0n) is 13.7. The van der Waals surface area contributed by atoms with Crippen molar-refractivity contribution in [3.05, 3.63) is 57.6 Å². The maximum atomic E-state index is 12.6. The standard InChI is InChI=1S/C18H18ClNO4S/c1-11-6-8-13(10-15(11)19)25(23,24)20-16-9-7-12-4-2-3-5-14(12)17(16)18(21)22/h6-10,20H,2-5H2,1H3,(H,21,22). The van der Waals surface area contributed by atoms with Gasteiger partial charge in [0.1, 0.15) is 0 Å². The predicted octanol–water partition coefficient (Wildman–Crippen LogP) is 4.03. The molecule has 0 radical (unpaired) electrons. The lowest BCUT2D eigenvalue weighted by molar-refractivity contribution is 0.0696. The van der Waals surface area contributed by atoms with Crippen LogP contribution in [0, 0.1) is 6.92 Å². The number of fused-ring (bicyclic) bond motifs is 1. The van der Waals surface area contributed by atoms with Gasteiger partial charge in [-0.15, -0.1) is 0 Å². The number of carboxylic acids is 1. The molecule has 0 aliphatic heterocycles. The minimum atomic E-state index is -3.93. The molecule has 0 atom stereocenters.